The van der Waals surface area contributed by atoms with Gasteiger partial charge in [0.05, 0.1) is 0 Å². The van der Waals surface area contributed by atoms with E-state index < -0.39 is 0 Å². The van der Waals surface area contributed by atoms with Crippen LogP contribution in [0.4, 0.5) is 0 Å². The Morgan fingerprint density at radius 1 is 0.106 bits per heavy atom. The molecule has 0 fully saturated rings. The maximum absolute atomic E-state index is 2.39. The Hall–Kier alpha value is -8.58. The molecule has 0 saturated carbocycles. The van der Waals surface area contributed by atoms with Crippen molar-refractivity contribution in [3.63, 3.8) is 0 Å². The molecule has 0 aliphatic rings. The molecule has 0 heterocycles. The summed E-state index contributed by atoms with van der Waals surface area (Å²) >= 11 is 0. The fourth-order valence-electron chi connectivity index (χ4n) is 9.85. The Bertz CT molecular complexity index is 3400. The molecule has 308 valence electrons. The summed E-state index contributed by atoms with van der Waals surface area (Å²) in [4.78, 5) is 0. The Morgan fingerprint density at radius 3 is 0.606 bits per heavy atom. The SMILES string of the molecule is c1ccc(-c2cc(-c3ccccc3)cc(-c3cc(-c4ccc(-c5ccc6c7ccccc7c7ccccc7c6c5)cc4)cc(-c4cc(-c5ccccc5)cc(-c5ccccc5)c4)c3)c2)cc1. The number of rotatable bonds is 8. The van der Waals surface area contributed by atoms with E-state index in [0.717, 1.165) is 0 Å². The molecule has 0 saturated heterocycles. The molecule has 0 radical (unpaired) electrons. The second kappa shape index (κ2) is 16.8. The minimum atomic E-state index is 1.17. The molecule has 0 unspecified atom stereocenters. The summed E-state index contributed by atoms with van der Waals surface area (Å²) in [5.41, 5.74) is 19.0. The van der Waals surface area contributed by atoms with Gasteiger partial charge < -0.3 is 0 Å². The fourth-order valence-corrected chi connectivity index (χ4v) is 9.85. The monoisotopic (exact) mass is 836 g/mol. The number of fused-ring (bicyclic) bond motifs is 6. The lowest BCUT2D eigenvalue weighted by atomic mass is 9.88. The first-order valence-electron chi connectivity index (χ1n) is 22.8. The molecule has 0 aromatic heterocycles. The van der Waals surface area contributed by atoms with Crippen LogP contribution in [-0.2, 0) is 0 Å². The van der Waals surface area contributed by atoms with Crippen molar-refractivity contribution in [1.82, 2.24) is 0 Å². The maximum atomic E-state index is 2.39. The molecular formula is C66H44. The largest absolute Gasteiger partial charge is 0.0622 e. The van der Waals surface area contributed by atoms with Gasteiger partial charge in [0, 0.05) is 0 Å². The Labute approximate surface area is 386 Å². The first-order chi connectivity index (χ1) is 32.7. The van der Waals surface area contributed by atoms with Gasteiger partial charge in [0.1, 0.15) is 0 Å². The highest BCUT2D eigenvalue weighted by Gasteiger charge is 2.15. The van der Waals surface area contributed by atoms with Gasteiger partial charge in [-0.15, -0.1) is 0 Å². The number of benzene rings is 12. The molecular weight excluding hydrogens is 793 g/mol. The van der Waals surface area contributed by atoms with E-state index in [2.05, 4.69) is 267 Å². The zero-order chi connectivity index (χ0) is 43.8. The Morgan fingerprint density at radius 2 is 0.303 bits per heavy atom. The van der Waals surface area contributed by atoms with Gasteiger partial charge in [0.15, 0.2) is 0 Å². The van der Waals surface area contributed by atoms with Gasteiger partial charge in [0.25, 0.3) is 0 Å². The van der Waals surface area contributed by atoms with Gasteiger partial charge in [-0.25, -0.2) is 0 Å². The molecule has 0 N–H and O–H groups in total. The van der Waals surface area contributed by atoms with Gasteiger partial charge in [0.2, 0.25) is 0 Å². The highest BCUT2D eigenvalue weighted by molar-refractivity contribution is 6.25. The van der Waals surface area contributed by atoms with Crippen LogP contribution in [0, 0.1) is 0 Å². The summed E-state index contributed by atoms with van der Waals surface area (Å²) in [6.07, 6.45) is 0. The zero-order valence-corrected chi connectivity index (χ0v) is 36.4. The van der Waals surface area contributed by atoms with Crippen molar-refractivity contribution in [2.24, 2.45) is 0 Å². The molecule has 0 aliphatic heterocycles. The van der Waals surface area contributed by atoms with Crippen molar-refractivity contribution in [3.8, 4) is 89.0 Å². The van der Waals surface area contributed by atoms with Crippen LogP contribution in [0.3, 0.4) is 0 Å². The molecule has 0 atom stereocenters. The average Bonchev–Trinajstić information content (AvgIpc) is 3.41. The molecule has 0 amide bonds. The van der Waals surface area contributed by atoms with Gasteiger partial charge in [-0.3, -0.25) is 0 Å². The highest BCUT2D eigenvalue weighted by Crippen LogP contribution is 2.41. The van der Waals surface area contributed by atoms with Crippen molar-refractivity contribution in [1.29, 1.82) is 0 Å². The molecule has 66 heavy (non-hydrogen) atoms. The van der Waals surface area contributed by atoms with Crippen LogP contribution >= 0.6 is 0 Å². The fraction of sp³-hybridized carbons (Fsp3) is 0. The van der Waals surface area contributed by atoms with Crippen molar-refractivity contribution >= 4 is 32.3 Å². The van der Waals surface area contributed by atoms with E-state index in [4.69, 9.17) is 0 Å². The number of hydrogen-bond acceptors (Lipinski definition) is 0. The average molecular weight is 837 g/mol. The first kappa shape index (κ1) is 39.0. The summed E-state index contributed by atoms with van der Waals surface area (Å²) in [5, 5.41) is 7.73. The van der Waals surface area contributed by atoms with Crippen LogP contribution in [0.1, 0.15) is 0 Å². The zero-order valence-electron chi connectivity index (χ0n) is 36.4. The van der Waals surface area contributed by atoms with Crippen LogP contribution in [0.25, 0.3) is 121 Å². The summed E-state index contributed by atoms with van der Waals surface area (Å²) in [7, 11) is 0. The van der Waals surface area contributed by atoms with E-state index in [1.807, 2.05) is 0 Å². The molecule has 0 nitrogen and oxygen atoms in total. The lowest BCUT2D eigenvalue weighted by molar-refractivity contribution is 1.54. The van der Waals surface area contributed by atoms with E-state index in [1.54, 1.807) is 0 Å². The molecule has 12 rings (SSSR count). The predicted molar refractivity (Wildman–Crippen MR) is 282 cm³/mol. The van der Waals surface area contributed by atoms with E-state index in [9.17, 15) is 0 Å². The lowest BCUT2D eigenvalue weighted by Gasteiger charge is -2.16. The molecule has 0 spiro atoms. The van der Waals surface area contributed by atoms with E-state index >= 15 is 0 Å². The molecule has 12 aromatic carbocycles. The molecule has 12 aromatic rings. The van der Waals surface area contributed by atoms with Gasteiger partial charge in [-0.05, 0) is 182 Å². The van der Waals surface area contributed by atoms with Crippen molar-refractivity contribution < 1.29 is 0 Å². The normalized spacial score (nSPS) is 11.3. The second-order valence-electron chi connectivity index (χ2n) is 17.3. The summed E-state index contributed by atoms with van der Waals surface area (Å²) in [5.74, 6) is 0. The minimum absolute atomic E-state index is 1.17. The van der Waals surface area contributed by atoms with E-state index in [-0.39, 0.29) is 0 Å². The highest BCUT2D eigenvalue weighted by atomic mass is 14.2. The summed E-state index contributed by atoms with van der Waals surface area (Å²) < 4.78 is 0. The van der Waals surface area contributed by atoms with Crippen LogP contribution in [0.5, 0.6) is 0 Å². The minimum Gasteiger partial charge on any atom is -0.0622 e. The third kappa shape index (κ3) is 7.45. The van der Waals surface area contributed by atoms with Crippen molar-refractivity contribution in [2.45, 2.75) is 0 Å². The first-order valence-corrected chi connectivity index (χ1v) is 22.8. The van der Waals surface area contributed by atoms with Crippen LogP contribution < -0.4 is 0 Å². The Kier molecular flexibility index (Phi) is 9.97. The van der Waals surface area contributed by atoms with Gasteiger partial charge >= 0.3 is 0 Å². The van der Waals surface area contributed by atoms with Crippen LogP contribution in [-0.4, -0.2) is 0 Å². The summed E-state index contributed by atoms with van der Waals surface area (Å²) in [6, 6.07) is 98.0. The number of hydrogen-bond donors (Lipinski definition) is 0. The van der Waals surface area contributed by atoms with Crippen LogP contribution in [0.2, 0.25) is 0 Å². The van der Waals surface area contributed by atoms with Crippen LogP contribution in [0.15, 0.2) is 267 Å². The van der Waals surface area contributed by atoms with Gasteiger partial charge in [-0.2, -0.15) is 0 Å². The molecule has 0 bridgehead atoms. The van der Waals surface area contributed by atoms with Crippen molar-refractivity contribution in [2.75, 3.05) is 0 Å². The van der Waals surface area contributed by atoms with E-state index in [1.165, 1.54) is 121 Å². The second-order valence-corrected chi connectivity index (χ2v) is 17.3. The predicted octanol–water partition coefficient (Wildman–Crippen LogP) is 18.5. The third-order valence-corrected chi connectivity index (χ3v) is 13.2. The topological polar surface area (TPSA) is 0 Å². The standard InChI is InChI=1S/C66H44/c1-5-17-45(18-6-1)52-35-53(46-19-7-2-8-20-46)38-57(37-52)59-41-56(42-60(43-59)58-39-54(47-21-9-3-10-22-47)36-55(40-58)48-23-11-4-12-24-48)50-31-29-49(30-32-50)51-33-34-65-63-27-14-13-25-61(63)62-26-15-16-28-64(62)66(65)44-51/h1-44H. The quantitative estimate of drug-likeness (QED) is 0.134. The van der Waals surface area contributed by atoms with E-state index in [0.29, 0.717) is 0 Å². The molecule has 0 aliphatic carbocycles. The summed E-state index contributed by atoms with van der Waals surface area (Å²) in [6.45, 7) is 0. The lowest BCUT2D eigenvalue weighted by Crippen LogP contribution is -1.90. The van der Waals surface area contributed by atoms with Gasteiger partial charge in [-0.1, -0.05) is 206 Å². The van der Waals surface area contributed by atoms with Crippen molar-refractivity contribution in [3.05, 3.63) is 267 Å². The third-order valence-electron chi connectivity index (χ3n) is 13.2. The maximum Gasteiger partial charge on any atom is -0.00928 e. The Balaban J connectivity index is 1.03. The molecule has 0 heteroatoms. The smallest absolute Gasteiger partial charge is 0.00928 e.